The standard InChI is InChI=1S/C29H38O6S.C5H4O3/c1-17-13-21-20-8-7-18-14-19(30)9-10-28(18,4)25(20)22(31)15-29(21,5)24(17)26(33)36-12-6-11-35-23(32)16-27(2,3)34;6-5(7)4-2-1-3-8-4/h9-10,14,17,20-22,24-25,31,34H,7-8,12-13,15-16H2,1-5H3;1-3H,(H,6,7)/t17-,20?,21?,22?,24?,25?,28?,29?;/m1./s1. The maximum absolute atomic E-state index is 13.4. The fourth-order valence-corrected chi connectivity index (χ4v) is 9.26. The van der Waals surface area contributed by atoms with Crippen LogP contribution >= 0.6 is 11.8 Å². The van der Waals surface area contributed by atoms with E-state index in [0.717, 1.165) is 36.6 Å². The van der Waals surface area contributed by atoms with Gasteiger partial charge in [-0.15, -0.1) is 0 Å². The molecule has 1 heterocycles. The van der Waals surface area contributed by atoms with Gasteiger partial charge in [-0.2, -0.15) is 0 Å². The van der Waals surface area contributed by atoms with Crippen LogP contribution in [0, 0.1) is 52.4 Å². The maximum atomic E-state index is 13.4. The van der Waals surface area contributed by atoms with Gasteiger partial charge in [0.2, 0.25) is 5.76 Å². The minimum absolute atomic E-state index is 0.0231. The van der Waals surface area contributed by atoms with E-state index in [1.54, 1.807) is 12.2 Å². The SMILES string of the molecule is C[C@@H]1CC2C3CCC4=CC(=O)C=CC4(C)C3C(O)CC2(C)C1C(=O)SCC#COC(=O)CC(C)(C)O.O=C(O)c1ccco1. The number of hydrogen-bond acceptors (Lipinski definition) is 9. The smallest absolute Gasteiger partial charge is 0.371 e. The summed E-state index contributed by atoms with van der Waals surface area (Å²) in [6.07, 6.45) is 11.7. The van der Waals surface area contributed by atoms with Crippen molar-refractivity contribution >= 4 is 34.6 Å². The molecule has 1 aromatic heterocycles. The first kappa shape index (κ1) is 33.8. The third-order valence-electron chi connectivity index (χ3n) is 9.92. The summed E-state index contributed by atoms with van der Waals surface area (Å²) < 4.78 is 9.33. The summed E-state index contributed by atoms with van der Waals surface area (Å²) in [4.78, 5) is 47.1. The van der Waals surface area contributed by atoms with Gasteiger partial charge in [-0.1, -0.05) is 44.2 Å². The molecule has 10 heteroatoms. The molecule has 3 N–H and O–H groups in total. The number of hydrogen-bond donors (Lipinski definition) is 3. The highest BCUT2D eigenvalue weighted by molar-refractivity contribution is 8.13. The Bertz CT molecular complexity index is 1390. The van der Waals surface area contributed by atoms with Crippen LogP contribution in [0.4, 0.5) is 0 Å². The first-order valence-corrected chi connectivity index (χ1v) is 16.0. The summed E-state index contributed by atoms with van der Waals surface area (Å²) in [7, 11) is 0. The molecular formula is C34H42O9S. The number of aliphatic hydroxyl groups excluding tert-OH is 1. The lowest BCUT2D eigenvalue weighted by Gasteiger charge is -2.58. The Morgan fingerprint density at radius 2 is 1.98 bits per heavy atom. The number of fused-ring (bicyclic) bond motifs is 5. The highest BCUT2D eigenvalue weighted by Gasteiger charge is 2.64. The van der Waals surface area contributed by atoms with E-state index >= 15 is 0 Å². The van der Waals surface area contributed by atoms with E-state index in [-0.39, 0.29) is 57.4 Å². The van der Waals surface area contributed by atoms with Gasteiger partial charge in [0.25, 0.3) is 0 Å². The first-order valence-electron chi connectivity index (χ1n) is 15.0. The molecule has 9 nitrogen and oxygen atoms in total. The van der Waals surface area contributed by atoms with E-state index in [9.17, 15) is 29.4 Å². The summed E-state index contributed by atoms with van der Waals surface area (Å²) in [6, 6.07) is 2.92. The lowest BCUT2D eigenvalue weighted by atomic mass is 9.47. The van der Waals surface area contributed by atoms with Crippen LogP contribution in [-0.4, -0.2) is 55.6 Å². The van der Waals surface area contributed by atoms with Crippen LogP contribution < -0.4 is 0 Å². The number of carboxylic acids is 1. The summed E-state index contributed by atoms with van der Waals surface area (Å²) >= 11 is 1.15. The Hall–Kier alpha value is -3.13. The van der Waals surface area contributed by atoms with Gasteiger partial charge < -0.3 is 24.5 Å². The number of furan rings is 1. The molecule has 0 spiro atoms. The largest absolute Gasteiger partial charge is 0.475 e. The van der Waals surface area contributed by atoms with Gasteiger partial charge >= 0.3 is 11.9 Å². The molecule has 8 atom stereocenters. The Kier molecular flexibility index (Phi) is 10.0. The van der Waals surface area contributed by atoms with Crippen LogP contribution in [0.5, 0.6) is 0 Å². The number of rotatable bonds is 5. The number of esters is 1. The van der Waals surface area contributed by atoms with Crippen molar-refractivity contribution in [1.82, 2.24) is 0 Å². The number of allylic oxidation sites excluding steroid dienone is 4. The van der Waals surface area contributed by atoms with Gasteiger partial charge in [0.15, 0.2) is 10.9 Å². The van der Waals surface area contributed by atoms with Gasteiger partial charge in [0.05, 0.1) is 30.1 Å². The van der Waals surface area contributed by atoms with Gasteiger partial charge in [-0.05, 0) is 92.9 Å². The lowest BCUT2D eigenvalue weighted by Crippen LogP contribution is -2.56. The maximum Gasteiger partial charge on any atom is 0.371 e. The van der Waals surface area contributed by atoms with Crippen molar-refractivity contribution in [3.05, 3.63) is 48.0 Å². The number of aromatic carboxylic acids is 1. The van der Waals surface area contributed by atoms with Crippen molar-refractivity contribution < 1.29 is 43.7 Å². The summed E-state index contributed by atoms with van der Waals surface area (Å²) in [5.74, 6) is 2.05. The molecule has 0 aliphatic heterocycles. The summed E-state index contributed by atoms with van der Waals surface area (Å²) in [5, 5.41) is 29.4. The van der Waals surface area contributed by atoms with Crippen LogP contribution in [0.1, 0.15) is 77.3 Å². The molecular weight excluding hydrogens is 584 g/mol. The molecule has 0 saturated heterocycles. The minimum Gasteiger partial charge on any atom is -0.475 e. The van der Waals surface area contributed by atoms with Crippen LogP contribution in [0.25, 0.3) is 0 Å². The molecule has 3 fully saturated rings. The molecule has 4 aliphatic rings. The molecule has 1 aromatic rings. The number of carboxylic acid groups (broad SMARTS) is 1. The zero-order chi connectivity index (χ0) is 32.4. The van der Waals surface area contributed by atoms with E-state index in [1.807, 2.05) is 6.08 Å². The van der Waals surface area contributed by atoms with E-state index < -0.39 is 23.6 Å². The fourth-order valence-electron chi connectivity index (χ4n) is 8.30. The zero-order valence-corrected chi connectivity index (χ0v) is 26.7. The van der Waals surface area contributed by atoms with Gasteiger partial charge in [0.1, 0.15) is 6.11 Å². The average molecular weight is 627 g/mol. The number of thioether (sulfide) groups is 1. The number of carbonyl (C=O) groups is 4. The quantitative estimate of drug-likeness (QED) is 0.300. The Morgan fingerprint density at radius 3 is 2.59 bits per heavy atom. The van der Waals surface area contributed by atoms with E-state index in [4.69, 9.17) is 9.84 Å². The van der Waals surface area contributed by atoms with E-state index in [0.29, 0.717) is 18.3 Å². The van der Waals surface area contributed by atoms with Crippen molar-refractivity contribution in [2.45, 2.75) is 78.4 Å². The molecule has 0 radical (unpaired) electrons. The number of ether oxygens (including phenoxy) is 1. The number of aliphatic hydroxyl groups is 2. The highest BCUT2D eigenvalue weighted by atomic mass is 32.2. The van der Waals surface area contributed by atoms with Gasteiger partial charge in [0, 0.05) is 17.3 Å². The second-order valence-electron chi connectivity index (χ2n) is 13.6. The third-order valence-corrected chi connectivity index (χ3v) is 10.7. The molecule has 0 aromatic carbocycles. The van der Waals surface area contributed by atoms with Crippen LogP contribution in [0.3, 0.4) is 0 Å². The predicted octanol–water partition coefficient (Wildman–Crippen LogP) is 5.03. The van der Waals surface area contributed by atoms with Gasteiger partial charge in [-0.3, -0.25) is 14.4 Å². The third kappa shape index (κ3) is 7.06. The van der Waals surface area contributed by atoms with E-state index in [2.05, 4.69) is 37.2 Å². The van der Waals surface area contributed by atoms with Crippen LogP contribution in [0.2, 0.25) is 0 Å². The molecule has 0 amide bonds. The molecule has 5 rings (SSSR count). The Morgan fingerprint density at radius 1 is 1.25 bits per heavy atom. The summed E-state index contributed by atoms with van der Waals surface area (Å²) in [6.45, 7) is 9.53. The number of ketones is 1. The second-order valence-corrected chi connectivity index (χ2v) is 14.6. The van der Waals surface area contributed by atoms with E-state index in [1.165, 1.54) is 32.2 Å². The molecule has 238 valence electrons. The highest BCUT2D eigenvalue weighted by Crippen LogP contribution is 2.67. The normalized spacial score (nSPS) is 33.7. The molecule has 4 aliphatic carbocycles. The average Bonchev–Trinajstić information content (AvgIpc) is 3.54. The monoisotopic (exact) mass is 626 g/mol. The topological polar surface area (TPSA) is 151 Å². The Balaban J connectivity index is 0.000000479. The van der Waals surface area contributed by atoms with Crippen molar-refractivity contribution in [1.29, 1.82) is 0 Å². The zero-order valence-electron chi connectivity index (χ0n) is 25.9. The van der Waals surface area contributed by atoms with Crippen LogP contribution in [0.15, 0.2) is 46.6 Å². The van der Waals surface area contributed by atoms with Crippen molar-refractivity contribution in [3.8, 4) is 12.0 Å². The lowest BCUT2D eigenvalue weighted by molar-refractivity contribution is -0.141. The van der Waals surface area contributed by atoms with Crippen molar-refractivity contribution in [2.24, 2.45) is 40.4 Å². The summed E-state index contributed by atoms with van der Waals surface area (Å²) in [5.41, 5.74) is -0.621. The minimum atomic E-state index is -1.16. The molecule has 0 bridgehead atoms. The van der Waals surface area contributed by atoms with Crippen LogP contribution in [-0.2, 0) is 19.1 Å². The molecule has 44 heavy (non-hydrogen) atoms. The van der Waals surface area contributed by atoms with Crippen molar-refractivity contribution in [3.63, 3.8) is 0 Å². The first-order chi connectivity index (χ1) is 20.6. The molecule has 7 unspecified atom stereocenters. The predicted molar refractivity (Wildman–Crippen MR) is 164 cm³/mol. The fraction of sp³-hybridized carbons (Fsp3) is 0.588. The van der Waals surface area contributed by atoms with Crippen molar-refractivity contribution in [2.75, 3.05) is 5.75 Å². The number of carbonyl (C=O) groups excluding carboxylic acids is 3. The second kappa shape index (κ2) is 13.1. The van der Waals surface area contributed by atoms with Gasteiger partial charge in [-0.25, -0.2) is 4.79 Å². The Labute approximate surface area is 262 Å². The molecule has 3 saturated carbocycles.